The fraction of sp³-hybridized carbons (Fsp3) is 0.0714. The second-order valence-electron chi connectivity index (χ2n) is 4.43. The summed E-state index contributed by atoms with van der Waals surface area (Å²) >= 11 is 11.9. The van der Waals surface area contributed by atoms with Crippen molar-refractivity contribution in [2.24, 2.45) is 0 Å². The van der Waals surface area contributed by atoms with Gasteiger partial charge >= 0.3 is 0 Å². The number of hydrogen-bond donors (Lipinski definition) is 1. The number of aryl methyl sites for hydroxylation is 1. The minimum absolute atomic E-state index is 0.0698. The van der Waals surface area contributed by atoms with E-state index in [-0.39, 0.29) is 17.5 Å². The zero-order valence-corrected chi connectivity index (χ0v) is 12.4. The van der Waals surface area contributed by atoms with Gasteiger partial charge in [-0.25, -0.2) is 4.98 Å². The molecule has 21 heavy (non-hydrogen) atoms. The first-order valence-corrected chi connectivity index (χ1v) is 6.75. The molecule has 0 aliphatic carbocycles. The average molecular weight is 322 g/mol. The highest BCUT2D eigenvalue weighted by Gasteiger charge is 2.17. The van der Waals surface area contributed by atoms with Gasteiger partial charge in [0.1, 0.15) is 11.4 Å². The van der Waals surface area contributed by atoms with Gasteiger partial charge < -0.3 is 9.63 Å². The molecule has 0 radical (unpaired) electrons. The summed E-state index contributed by atoms with van der Waals surface area (Å²) in [4.78, 5) is 8.28. The number of halogens is 2. The molecule has 2 aromatic heterocycles. The summed E-state index contributed by atoms with van der Waals surface area (Å²) in [5.41, 5.74) is 1.74. The summed E-state index contributed by atoms with van der Waals surface area (Å²) < 4.78 is 5.16. The standard InChI is InChI=1S/C14H9Cl2N3O2/c1-7-2-3-9(11(20)4-7)14-18-13(19-21-14)12-10(16)5-8(15)6-17-12/h2-6,20H,1H3. The lowest BCUT2D eigenvalue weighted by atomic mass is 10.1. The van der Waals surface area contributed by atoms with E-state index in [9.17, 15) is 5.11 Å². The summed E-state index contributed by atoms with van der Waals surface area (Å²) in [5, 5.41) is 14.5. The van der Waals surface area contributed by atoms with Crippen LogP contribution in [-0.2, 0) is 0 Å². The summed E-state index contributed by atoms with van der Waals surface area (Å²) in [6.07, 6.45) is 1.45. The molecule has 2 heterocycles. The van der Waals surface area contributed by atoms with Crippen molar-refractivity contribution in [3.05, 3.63) is 46.1 Å². The number of pyridine rings is 1. The Labute approximate surface area is 130 Å². The first-order chi connectivity index (χ1) is 10.0. The third-order valence-electron chi connectivity index (χ3n) is 2.83. The molecule has 0 aliphatic heterocycles. The van der Waals surface area contributed by atoms with Crippen molar-refractivity contribution in [2.45, 2.75) is 6.92 Å². The molecule has 1 N–H and O–H groups in total. The number of benzene rings is 1. The van der Waals surface area contributed by atoms with Crippen molar-refractivity contribution in [1.29, 1.82) is 0 Å². The maximum absolute atomic E-state index is 9.93. The van der Waals surface area contributed by atoms with Crippen LogP contribution in [0.5, 0.6) is 5.75 Å². The van der Waals surface area contributed by atoms with E-state index in [4.69, 9.17) is 27.7 Å². The molecule has 3 rings (SSSR count). The van der Waals surface area contributed by atoms with E-state index in [0.29, 0.717) is 21.3 Å². The van der Waals surface area contributed by atoms with Gasteiger partial charge in [-0.05, 0) is 30.7 Å². The molecule has 106 valence electrons. The first kappa shape index (κ1) is 13.9. The molecule has 5 nitrogen and oxygen atoms in total. The van der Waals surface area contributed by atoms with E-state index in [1.54, 1.807) is 18.2 Å². The zero-order chi connectivity index (χ0) is 15.0. The van der Waals surface area contributed by atoms with Gasteiger partial charge in [0.2, 0.25) is 5.82 Å². The van der Waals surface area contributed by atoms with Gasteiger partial charge in [0.15, 0.2) is 0 Å². The van der Waals surface area contributed by atoms with E-state index in [0.717, 1.165) is 5.56 Å². The van der Waals surface area contributed by atoms with Gasteiger partial charge in [0.05, 0.1) is 15.6 Å². The van der Waals surface area contributed by atoms with Crippen molar-refractivity contribution in [3.8, 4) is 28.7 Å². The normalized spacial score (nSPS) is 10.8. The van der Waals surface area contributed by atoms with Crippen LogP contribution in [-0.4, -0.2) is 20.2 Å². The Morgan fingerprint density at radius 1 is 1.19 bits per heavy atom. The van der Waals surface area contributed by atoms with E-state index >= 15 is 0 Å². The van der Waals surface area contributed by atoms with Crippen LogP contribution < -0.4 is 0 Å². The molecule has 0 saturated heterocycles. The van der Waals surface area contributed by atoms with Crippen LogP contribution in [0.15, 0.2) is 35.0 Å². The third kappa shape index (κ3) is 2.70. The summed E-state index contributed by atoms with van der Waals surface area (Å²) in [5.74, 6) is 0.488. The highest BCUT2D eigenvalue weighted by molar-refractivity contribution is 6.35. The Balaban J connectivity index is 2.03. The minimum atomic E-state index is 0.0698. The number of nitrogens with zero attached hydrogens (tertiary/aromatic N) is 3. The van der Waals surface area contributed by atoms with Gasteiger partial charge in [-0.1, -0.05) is 34.4 Å². The van der Waals surface area contributed by atoms with Crippen LogP contribution in [0, 0.1) is 6.92 Å². The quantitative estimate of drug-likeness (QED) is 0.768. The van der Waals surface area contributed by atoms with Crippen LogP contribution in [0.4, 0.5) is 0 Å². The van der Waals surface area contributed by atoms with Crippen LogP contribution >= 0.6 is 23.2 Å². The molecule has 3 aromatic rings. The monoisotopic (exact) mass is 321 g/mol. The van der Waals surface area contributed by atoms with E-state index in [2.05, 4.69) is 15.1 Å². The van der Waals surface area contributed by atoms with Crippen molar-refractivity contribution < 1.29 is 9.63 Å². The SMILES string of the molecule is Cc1ccc(-c2nc(-c3ncc(Cl)cc3Cl)no2)c(O)c1. The summed E-state index contributed by atoms with van der Waals surface area (Å²) in [7, 11) is 0. The largest absolute Gasteiger partial charge is 0.507 e. The topological polar surface area (TPSA) is 72.0 Å². The second-order valence-corrected chi connectivity index (χ2v) is 5.27. The number of aromatic hydroxyl groups is 1. The fourth-order valence-corrected chi connectivity index (χ4v) is 2.30. The maximum Gasteiger partial charge on any atom is 0.262 e. The molecular formula is C14H9Cl2N3O2. The average Bonchev–Trinajstić information content (AvgIpc) is 2.87. The molecule has 0 fully saturated rings. The number of phenols is 1. The van der Waals surface area contributed by atoms with E-state index in [1.807, 2.05) is 13.0 Å². The van der Waals surface area contributed by atoms with E-state index in [1.165, 1.54) is 6.20 Å². The molecule has 7 heteroatoms. The molecule has 0 amide bonds. The Morgan fingerprint density at radius 2 is 2.00 bits per heavy atom. The molecular weight excluding hydrogens is 313 g/mol. The summed E-state index contributed by atoms with van der Waals surface area (Å²) in [6, 6.07) is 6.71. The summed E-state index contributed by atoms with van der Waals surface area (Å²) in [6.45, 7) is 1.88. The molecule has 0 aliphatic rings. The molecule has 0 atom stereocenters. The number of phenolic OH excluding ortho intramolecular Hbond substituents is 1. The maximum atomic E-state index is 9.93. The number of hydrogen-bond acceptors (Lipinski definition) is 5. The second kappa shape index (κ2) is 5.35. The van der Waals surface area contributed by atoms with Crippen LogP contribution in [0.3, 0.4) is 0 Å². The number of rotatable bonds is 2. The lowest BCUT2D eigenvalue weighted by Gasteiger charge is -2.00. The molecule has 1 aromatic carbocycles. The Hall–Kier alpha value is -2.11. The Morgan fingerprint density at radius 3 is 2.71 bits per heavy atom. The van der Waals surface area contributed by atoms with Crippen molar-refractivity contribution >= 4 is 23.2 Å². The smallest absolute Gasteiger partial charge is 0.262 e. The minimum Gasteiger partial charge on any atom is -0.507 e. The molecule has 0 saturated carbocycles. The van der Waals surface area contributed by atoms with Gasteiger partial charge in [0, 0.05) is 6.20 Å². The van der Waals surface area contributed by atoms with Crippen molar-refractivity contribution in [1.82, 2.24) is 15.1 Å². The third-order valence-corrected chi connectivity index (χ3v) is 3.32. The van der Waals surface area contributed by atoms with Gasteiger partial charge in [-0.2, -0.15) is 4.98 Å². The van der Waals surface area contributed by atoms with Crippen molar-refractivity contribution in [2.75, 3.05) is 0 Å². The van der Waals surface area contributed by atoms with Crippen molar-refractivity contribution in [3.63, 3.8) is 0 Å². The Bertz CT molecular complexity index is 752. The molecule has 0 bridgehead atoms. The van der Waals surface area contributed by atoms with Gasteiger partial charge in [0.25, 0.3) is 5.89 Å². The van der Waals surface area contributed by atoms with Gasteiger partial charge in [-0.3, -0.25) is 0 Å². The highest BCUT2D eigenvalue weighted by Crippen LogP contribution is 2.31. The molecule has 0 unspecified atom stereocenters. The first-order valence-electron chi connectivity index (χ1n) is 5.99. The lowest BCUT2D eigenvalue weighted by Crippen LogP contribution is -1.87. The zero-order valence-electron chi connectivity index (χ0n) is 10.8. The lowest BCUT2D eigenvalue weighted by molar-refractivity contribution is 0.425. The van der Waals surface area contributed by atoms with Crippen LogP contribution in [0.25, 0.3) is 23.0 Å². The molecule has 0 spiro atoms. The number of aromatic nitrogens is 3. The van der Waals surface area contributed by atoms with Crippen LogP contribution in [0.1, 0.15) is 5.56 Å². The Kier molecular flexibility index (Phi) is 3.53. The highest BCUT2D eigenvalue weighted by atomic mass is 35.5. The fourth-order valence-electron chi connectivity index (χ4n) is 1.83. The predicted octanol–water partition coefficient (Wildman–Crippen LogP) is 4.12. The van der Waals surface area contributed by atoms with Gasteiger partial charge in [-0.15, -0.1) is 0 Å². The van der Waals surface area contributed by atoms with E-state index < -0.39 is 0 Å². The van der Waals surface area contributed by atoms with Crippen LogP contribution in [0.2, 0.25) is 10.0 Å². The predicted molar refractivity (Wildman–Crippen MR) is 79.4 cm³/mol.